The first-order valence-corrected chi connectivity index (χ1v) is 8.22. The van der Waals surface area contributed by atoms with Crippen molar-refractivity contribution in [3.63, 3.8) is 0 Å². The van der Waals surface area contributed by atoms with Gasteiger partial charge in [0.05, 0.1) is 17.8 Å². The number of carboxylic acid groups (broad SMARTS) is 1. The number of aliphatic hydroxyl groups excluding tert-OH is 1. The summed E-state index contributed by atoms with van der Waals surface area (Å²) in [6.07, 6.45) is -0.0602. The van der Waals surface area contributed by atoms with E-state index < -0.39 is 24.0 Å². The van der Waals surface area contributed by atoms with Gasteiger partial charge in [0.2, 0.25) is 0 Å². The van der Waals surface area contributed by atoms with E-state index in [1.807, 2.05) is 6.07 Å². The molecule has 0 aliphatic heterocycles. The number of nitrogens with zero attached hydrogens (tertiary/aromatic N) is 1. The second kappa shape index (κ2) is 7.55. The molecule has 2 unspecified atom stereocenters. The van der Waals surface area contributed by atoms with Crippen LogP contribution in [0.5, 0.6) is 0 Å². The SMILES string of the molecule is O=C(NC(Cc1ccccc1)C(O)C(=O)O)c1cc2cc(Cl)ncc2[nH]1. The zero-order valence-electron chi connectivity index (χ0n) is 13.5. The molecule has 4 N–H and O–H groups in total. The van der Waals surface area contributed by atoms with Gasteiger partial charge >= 0.3 is 5.97 Å². The first-order valence-electron chi connectivity index (χ1n) is 7.84. The molecule has 8 heteroatoms. The van der Waals surface area contributed by atoms with Crippen molar-refractivity contribution in [3.05, 3.63) is 65.1 Å². The van der Waals surface area contributed by atoms with Crippen LogP contribution in [0.4, 0.5) is 0 Å². The minimum atomic E-state index is -1.74. The monoisotopic (exact) mass is 373 g/mol. The third-order valence-corrected chi connectivity index (χ3v) is 4.17. The zero-order chi connectivity index (χ0) is 18.7. The van der Waals surface area contributed by atoms with E-state index in [2.05, 4.69) is 15.3 Å². The van der Waals surface area contributed by atoms with Crippen molar-refractivity contribution >= 4 is 34.4 Å². The smallest absolute Gasteiger partial charge is 0.334 e. The van der Waals surface area contributed by atoms with E-state index in [0.29, 0.717) is 16.1 Å². The second-order valence-corrected chi connectivity index (χ2v) is 6.22. The van der Waals surface area contributed by atoms with E-state index in [1.165, 1.54) is 6.20 Å². The summed E-state index contributed by atoms with van der Waals surface area (Å²) in [6, 6.07) is 11.2. The molecule has 0 spiro atoms. The molecular weight excluding hydrogens is 358 g/mol. The lowest BCUT2D eigenvalue weighted by Crippen LogP contribution is -2.48. The molecule has 0 saturated carbocycles. The quantitative estimate of drug-likeness (QED) is 0.493. The summed E-state index contributed by atoms with van der Waals surface area (Å²) in [6.45, 7) is 0. The standard InChI is InChI=1S/C18H16ClN3O4/c19-15-8-11-7-13(21-14(11)9-20-15)17(24)22-12(16(23)18(25)26)6-10-4-2-1-3-5-10/h1-5,7-9,12,16,21,23H,6H2,(H,22,24)(H,25,26). The number of carboxylic acids is 1. The molecule has 134 valence electrons. The van der Waals surface area contributed by atoms with Gasteiger partial charge in [-0.05, 0) is 24.1 Å². The molecule has 3 aromatic rings. The largest absolute Gasteiger partial charge is 0.479 e. The van der Waals surface area contributed by atoms with Crippen LogP contribution in [0.3, 0.4) is 0 Å². The number of aromatic nitrogens is 2. The van der Waals surface area contributed by atoms with Crippen LogP contribution in [0.1, 0.15) is 16.1 Å². The minimum absolute atomic E-state index is 0.174. The number of pyridine rings is 1. The summed E-state index contributed by atoms with van der Waals surface area (Å²) in [5.74, 6) is -1.93. The molecule has 2 aromatic heterocycles. The summed E-state index contributed by atoms with van der Waals surface area (Å²) in [4.78, 5) is 30.6. The normalized spacial score (nSPS) is 13.3. The van der Waals surface area contributed by atoms with Crippen molar-refractivity contribution in [1.82, 2.24) is 15.3 Å². The molecular formula is C18H16ClN3O4. The van der Waals surface area contributed by atoms with Crippen molar-refractivity contribution in [2.45, 2.75) is 18.6 Å². The number of fused-ring (bicyclic) bond motifs is 1. The van der Waals surface area contributed by atoms with Gasteiger partial charge in [-0.1, -0.05) is 41.9 Å². The van der Waals surface area contributed by atoms with Crippen LogP contribution in [0, 0.1) is 0 Å². The van der Waals surface area contributed by atoms with E-state index >= 15 is 0 Å². The fourth-order valence-electron chi connectivity index (χ4n) is 2.65. The first kappa shape index (κ1) is 17.9. The molecule has 1 aromatic carbocycles. The fraction of sp³-hybridized carbons (Fsp3) is 0.167. The molecule has 7 nitrogen and oxygen atoms in total. The van der Waals surface area contributed by atoms with E-state index in [0.717, 1.165) is 5.56 Å². The van der Waals surface area contributed by atoms with Crippen molar-refractivity contribution in [3.8, 4) is 0 Å². The predicted molar refractivity (Wildman–Crippen MR) is 96.1 cm³/mol. The number of benzene rings is 1. The number of carbonyl (C=O) groups excluding carboxylic acids is 1. The molecule has 0 fully saturated rings. The lowest BCUT2D eigenvalue weighted by molar-refractivity contribution is -0.148. The highest BCUT2D eigenvalue weighted by Gasteiger charge is 2.28. The topological polar surface area (TPSA) is 115 Å². The maximum Gasteiger partial charge on any atom is 0.334 e. The molecule has 0 bridgehead atoms. The van der Waals surface area contributed by atoms with Gasteiger partial charge in [0.25, 0.3) is 5.91 Å². The summed E-state index contributed by atoms with van der Waals surface area (Å²) < 4.78 is 0. The number of rotatable bonds is 6. The number of aliphatic hydroxyl groups is 1. The molecule has 3 rings (SSSR count). The Kier molecular flexibility index (Phi) is 5.20. The Morgan fingerprint density at radius 2 is 1.96 bits per heavy atom. The molecule has 0 saturated heterocycles. The van der Waals surface area contributed by atoms with Crippen LogP contribution in [0.25, 0.3) is 10.9 Å². The zero-order valence-corrected chi connectivity index (χ0v) is 14.3. The number of hydrogen-bond acceptors (Lipinski definition) is 4. The maximum absolute atomic E-state index is 12.5. The lowest BCUT2D eigenvalue weighted by Gasteiger charge is -2.21. The Morgan fingerprint density at radius 1 is 1.23 bits per heavy atom. The molecule has 2 atom stereocenters. The predicted octanol–water partition coefficient (Wildman–Crippen LogP) is 2.00. The molecule has 0 radical (unpaired) electrons. The van der Waals surface area contributed by atoms with Crippen LogP contribution in [0.15, 0.2) is 48.7 Å². The van der Waals surface area contributed by atoms with Gasteiger partial charge in [-0.3, -0.25) is 4.79 Å². The highest BCUT2D eigenvalue weighted by Crippen LogP contribution is 2.18. The summed E-state index contributed by atoms with van der Waals surface area (Å²) in [5.41, 5.74) is 1.64. The average Bonchev–Trinajstić information content (AvgIpc) is 3.04. The van der Waals surface area contributed by atoms with Gasteiger partial charge in [0, 0.05) is 5.39 Å². The van der Waals surface area contributed by atoms with Crippen LogP contribution in [0.2, 0.25) is 5.15 Å². The van der Waals surface area contributed by atoms with E-state index in [9.17, 15) is 14.7 Å². The van der Waals surface area contributed by atoms with Gasteiger partial charge in [-0.2, -0.15) is 0 Å². The van der Waals surface area contributed by atoms with Gasteiger partial charge in [-0.25, -0.2) is 9.78 Å². The van der Waals surface area contributed by atoms with Crippen LogP contribution in [-0.4, -0.2) is 44.2 Å². The number of hydrogen-bond donors (Lipinski definition) is 4. The molecule has 1 amide bonds. The Bertz CT molecular complexity index is 942. The van der Waals surface area contributed by atoms with Crippen molar-refractivity contribution in [2.75, 3.05) is 0 Å². The van der Waals surface area contributed by atoms with Gasteiger partial charge in [-0.15, -0.1) is 0 Å². The van der Waals surface area contributed by atoms with Crippen LogP contribution >= 0.6 is 11.6 Å². The average molecular weight is 374 g/mol. The van der Waals surface area contributed by atoms with Gasteiger partial charge in [0.1, 0.15) is 10.8 Å². The third-order valence-electron chi connectivity index (χ3n) is 3.97. The summed E-state index contributed by atoms with van der Waals surface area (Å²) in [7, 11) is 0. The number of amides is 1. The number of nitrogens with one attached hydrogen (secondary N) is 2. The first-order chi connectivity index (χ1) is 12.4. The maximum atomic E-state index is 12.5. The summed E-state index contributed by atoms with van der Waals surface area (Å²) >= 11 is 5.83. The molecule has 2 heterocycles. The Balaban J connectivity index is 1.82. The number of H-pyrrole nitrogens is 1. The molecule has 0 aliphatic carbocycles. The Labute approximate surface area is 153 Å². The van der Waals surface area contributed by atoms with Gasteiger partial charge in [0.15, 0.2) is 6.10 Å². The van der Waals surface area contributed by atoms with Crippen molar-refractivity contribution < 1.29 is 19.8 Å². The van der Waals surface area contributed by atoms with E-state index in [4.69, 9.17) is 16.7 Å². The van der Waals surface area contributed by atoms with E-state index in [-0.39, 0.29) is 12.1 Å². The van der Waals surface area contributed by atoms with Crippen molar-refractivity contribution in [1.29, 1.82) is 0 Å². The minimum Gasteiger partial charge on any atom is -0.479 e. The summed E-state index contributed by atoms with van der Waals surface area (Å²) in [5, 5.41) is 22.7. The van der Waals surface area contributed by atoms with E-state index in [1.54, 1.807) is 36.4 Å². The van der Waals surface area contributed by atoms with Crippen LogP contribution in [-0.2, 0) is 11.2 Å². The number of aliphatic carboxylic acids is 1. The Hall–Kier alpha value is -2.90. The third kappa shape index (κ3) is 4.01. The highest BCUT2D eigenvalue weighted by atomic mass is 35.5. The Morgan fingerprint density at radius 3 is 2.65 bits per heavy atom. The number of aromatic amines is 1. The van der Waals surface area contributed by atoms with Crippen LogP contribution < -0.4 is 5.32 Å². The molecule has 26 heavy (non-hydrogen) atoms. The number of carbonyl (C=O) groups is 2. The van der Waals surface area contributed by atoms with Crippen molar-refractivity contribution in [2.24, 2.45) is 0 Å². The molecule has 0 aliphatic rings. The fourth-order valence-corrected chi connectivity index (χ4v) is 2.82. The number of halogens is 1. The highest BCUT2D eigenvalue weighted by molar-refractivity contribution is 6.30. The lowest BCUT2D eigenvalue weighted by atomic mass is 10.0. The second-order valence-electron chi connectivity index (χ2n) is 5.83. The van der Waals surface area contributed by atoms with Gasteiger partial charge < -0.3 is 20.5 Å².